The predicted octanol–water partition coefficient (Wildman–Crippen LogP) is 3.04. The minimum absolute atomic E-state index is 0.157. The molecule has 1 fully saturated rings. The molecule has 3 rings (SSSR count). The Morgan fingerprint density at radius 2 is 2.08 bits per heavy atom. The SMILES string of the molecule is CCc1ccc(C2CN(C(=O)c3ccc(C#N)c(O)c3)CCO2)cc1. The van der Waals surface area contributed by atoms with Gasteiger partial charge in [-0.25, -0.2) is 0 Å². The molecule has 1 amide bonds. The summed E-state index contributed by atoms with van der Waals surface area (Å²) < 4.78 is 5.83. The van der Waals surface area contributed by atoms with E-state index in [1.165, 1.54) is 17.7 Å². The van der Waals surface area contributed by atoms with E-state index in [-0.39, 0.29) is 23.3 Å². The van der Waals surface area contributed by atoms with Gasteiger partial charge in [-0.15, -0.1) is 0 Å². The molecule has 25 heavy (non-hydrogen) atoms. The molecule has 1 heterocycles. The molecule has 1 unspecified atom stereocenters. The van der Waals surface area contributed by atoms with Crippen LogP contribution < -0.4 is 0 Å². The number of hydrogen-bond acceptors (Lipinski definition) is 4. The Balaban J connectivity index is 1.75. The average molecular weight is 336 g/mol. The minimum atomic E-state index is -0.173. The summed E-state index contributed by atoms with van der Waals surface area (Å²) in [4.78, 5) is 14.4. The molecule has 1 N–H and O–H groups in total. The number of nitrogens with zero attached hydrogens (tertiary/aromatic N) is 2. The van der Waals surface area contributed by atoms with Gasteiger partial charge in [-0.2, -0.15) is 5.26 Å². The zero-order valence-electron chi connectivity index (χ0n) is 14.1. The van der Waals surface area contributed by atoms with Crippen molar-refractivity contribution in [2.24, 2.45) is 0 Å². The number of aryl methyl sites for hydroxylation is 1. The van der Waals surface area contributed by atoms with Crippen molar-refractivity contribution >= 4 is 5.91 Å². The van der Waals surface area contributed by atoms with E-state index < -0.39 is 0 Å². The van der Waals surface area contributed by atoms with E-state index in [4.69, 9.17) is 10.00 Å². The van der Waals surface area contributed by atoms with Crippen molar-refractivity contribution < 1.29 is 14.6 Å². The van der Waals surface area contributed by atoms with Crippen LogP contribution in [0.5, 0.6) is 5.75 Å². The summed E-state index contributed by atoms with van der Waals surface area (Å²) in [6.07, 6.45) is 0.828. The zero-order chi connectivity index (χ0) is 17.8. The lowest BCUT2D eigenvalue weighted by molar-refractivity contribution is -0.0228. The van der Waals surface area contributed by atoms with Gasteiger partial charge in [-0.05, 0) is 35.7 Å². The molecular weight excluding hydrogens is 316 g/mol. The summed E-state index contributed by atoms with van der Waals surface area (Å²) in [5.74, 6) is -0.341. The molecule has 128 valence electrons. The molecule has 0 spiro atoms. The monoisotopic (exact) mass is 336 g/mol. The number of carbonyl (C=O) groups excluding carboxylic acids is 1. The van der Waals surface area contributed by atoms with Crippen molar-refractivity contribution in [3.63, 3.8) is 0 Å². The molecule has 0 bridgehead atoms. The Bertz CT molecular complexity index is 809. The van der Waals surface area contributed by atoms with Crippen molar-refractivity contribution in [1.82, 2.24) is 4.90 Å². The third-order valence-electron chi connectivity index (χ3n) is 4.48. The Morgan fingerprint density at radius 1 is 1.32 bits per heavy atom. The maximum absolute atomic E-state index is 12.7. The van der Waals surface area contributed by atoms with Gasteiger partial charge in [-0.3, -0.25) is 4.79 Å². The largest absolute Gasteiger partial charge is 0.507 e. The molecule has 0 aliphatic carbocycles. The number of amides is 1. The molecule has 1 saturated heterocycles. The number of rotatable bonds is 3. The molecule has 5 nitrogen and oxygen atoms in total. The van der Waals surface area contributed by atoms with Gasteiger partial charge in [-0.1, -0.05) is 31.2 Å². The highest BCUT2D eigenvalue weighted by molar-refractivity contribution is 5.95. The van der Waals surface area contributed by atoms with Crippen LogP contribution >= 0.6 is 0 Å². The summed E-state index contributed by atoms with van der Waals surface area (Å²) in [5.41, 5.74) is 2.85. The molecule has 0 radical (unpaired) electrons. The minimum Gasteiger partial charge on any atom is -0.507 e. The van der Waals surface area contributed by atoms with E-state index in [9.17, 15) is 9.90 Å². The highest BCUT2D eigenvalue weighted by Crippen LogP contribution is 2.25. The Morgan fingerprint density at radius 3 is 2.72 bits per heavy atom. The Hall–Kier alpha value is -2.84. The maximum Gasteiger partial charge on any atom is 0.254 e. The van der Waals surface area contributed by atoms with Gasteiger partial charge < -0.3 is 14.7 Å². The van der Waals surface area contributed by atoms with Gasteiger partial charge in [0.1, 0.15) is 17.9 Å². The summed E-state index contributed by atoms with van der Waals surface area (Å²) in [7, 11) is 0. The highest BCUT2D eigenvalue weighted by Gasteiger charge is 2.26. The number of phenolic OH excluding ortho intramolecular Hbond substituents is 1. The lowest BCUT2D eigenvalue weighted by Gasteiger charge is -2.33. The van der Waals surface area contributed by atoms with Crippen molar-refractivity contribution in [2.75, 3.05) is 19.7 Å². The number of aromatic hydroxyl groups is 1. The van der Waals surface area contributed by atoms with Crippen LogP contribution in [0.3, 0.4) is 0 Å². The standard InChI is InChI=1S/C20H20N2O3/c1-2-14-3-5-15(6-4-14)19-13-22(9-10-25-19)20(24)16-7-8-17(12-21)18(23)11-16/h3-8,11,19,23H,2,9-10,13H2,1H3. The van der Waals surface area contributed by atoms with Crippen molar-refractivity contribution in [3.8, 4) is 11.8 Å². The molecule has 0 saturated carbocycles. The van der Waals surface area contributed by atoms with Crippen LogP contribution in [-0.2, 0) is 11.2 Å². The fourth-order valence-corrected chi connectivity index (χ4v) is 2.95. The summed E-state index contributed by atoms with van der Waals surface area (Å²) in [6, 6.07) is 14.5. The Kier molecular flexibility index (Phi) is 5.01. The first-order chi connectivity index (χ1) is 12.1. The number of ether oxygens (including phenoxy) is 1. The first kappa shape index (κ1) is 17.0. The lowest BCUT2D eigenvalue weighted by Crippen LogP contribution is -2.42. The number of carbonyl (C=O) groups is 1. The third kappa shape index (κ3) is 3.65. The first-order valence-corrected chi connectivity index (χ1v) is 8.35. The lowest BCUT2D eigenvalue weighted by atomic mass is 10.0. The molecule has 0 aromatic heterocycles. The predicted molar refractivity (Wildman–Crippen MR) is 93.2 cm³/mol. The second-order valence-electron chi connectivity index (χ2n) is 6.05. The van der Waals surface area contributed by atoms with E-state index in [0.717, 1.165) is 12.0 Å². The van der Waals surface area contributed by atoms with E-state index in [1.807, 2.05) is 18.2 Å². The second kappa shape index (κ2) is 7.37. The van der Waals surface area contributed by atoms with Crippen molar-refractivity contribution in [3.05, 3.63) is 64.7 Å². The number of benzene rings is 2. The van der Waals surface area contributed by atoms with Crippen LogP contribution in [0, 0.1) is 11.3 Å². The van der Waals surface area contributed by atoms with Crippen LogP contribution in [-0.4, -0.2) is 35.6 Å². The number of nitriles is 1. The molecule has 1 atom stereocenters. The van der Waals surface area contributed by atoms with Crippen LogP contribution in [0.15, 0.2) is 42.5 Å². The van der Waals surface area contributed by atoms with Crippen molar-refractivity contribution in [1.29, 1.82) is 5.26 Å². The molecule has 2 aromatic carbocycles. The maximum atomic E-state index is 12.7. The average Bonchev–Trinajstić information content (AvgIpc) is 2.67. The second-order valence-corrected chi connectivity index (χ2v) is 6.05. The fraction of sp³-hybridized carbons (Fsp3) is 0.300. The summed E-state index contributed by atoms with van der Waals surface area (Å²) in [5, 5.41) is 18.7. The van der Waals surface area contributed by atoms with Crippen LogP contribution in [0.4, 0.5) is 0 Å². The van der Waals surface area contributed by atoms with Gasteiger partial charge in [0.05, 0.1) is 18.7 Å². The topological polar surface area (TPSA) is 73.6 Å². The molecule has 5 heteroatoms. The van der Waals surface area contributed by atoms with E-state index in [0.29, 0.717) is 25.3 Å². The highest BCUT2D eigenvalue weighted by atomic mass is 16.5. The molecule has 1 aliphatic rings. The van der Waals surface area contributed by atoms with Crippen LogP contribution in [0.2, 0.25) is 0 Å². The first-order valence-electron chi connectivity index (χ1n) is 8.35. The molecular formula is C20H20N2O3. The van der Waals surface area contributed by atoms with Gasteiger partial charge in [0, 0.05) is 12.1 Å². The molecule has 2 aromatic rings. The van der Waals surface area contributed by atoms with Gasteiger partial charge >= 0.3 is 0 Å². The third-order valence-corrected chi connectivity index (χ3v) is 4.48. The summed E-state index contributed by atoms with van der Waals surface area (Å²) >= 11 is 0. The van der Waals surface area contributed by atoms with E-state index in [1.54, 1.807) is 11.0 Å². The van der Waals surface area contributed by atoms with E-state index >= 15 is 0 Å². The molecule has 1 aliphatic heterocycles. The zero-order valence-corrected chi connectivity index (χ0v) is 14.1. The van der Waals surface area contributed by atoms with Crippen molar-refractivity contribution in [2.45, 2.75) is 19.4 Å². The van der Waals surface area contributed by atoms with Gasteiger partial charge in [0.15, 0.2) is 0 Å². The number of hydrogen-bond donors (Lipinski definition) is 1. The summed E-state index contributed by atoms with van der Waals surface area (Å²) in [6.45, 7) is 3.54. The van der Waals surface area contributed by atoms with E-state index in [2.05, 4.69) is 19.1 Å². The number of phenols is 1. The fourth-order valence-electron chi connectivity index (χ4n) is 2.95. The Labute approximate surface area is 147 Å². The van der Waals surface area contributed by atoms with Crippen LogP contribution in [0.25, 0.3) is 0 Å². The van der Waals surface area contributed by atoms with Gasteiger partial charge in [0.2, 0.25) is 0 Å². The van der Waals surface area contributed by atoms with Crippen LogP contribution in [0.1, 0.15) is 40.1 Å². The normalized spacial score (nSPS) is 17.1. The quantitative estimate of drug-likeness (QED) is 0.935. The number of morpholine rings is 1. The smallest absolute Gasteiger partial charge is 0.254 e. The van der Waals surface area contributed by atoms with Gasteiger partial charge in [0.25, 0.3) is 5.91 Å².